The molecular weight excluding hydrogens is 432 g/mol. The molecule has 2 heterocycles. The Balaban J connectivity index is 2.35. The molecule has 0 amide bonds. The van der Waals surface area contributed by atoms with E-state index in [0.717, 1.165) is 42.0 Å². The van der Waals surface area contributed by atoms with Crippen LogP contribution in [0.4, 0.5) is 0 Å². The second-order valence-corrected chi connectivity index (χ2v) is 10.6. The van der Waals surface area contributed by atoms with Crippen LogP contribution in [0.3, 0.4) is 0 Å². The van der Waals surface area contributed by atoms with Gasteiger partial charge in [-0.2, -0.15) is 0 Å². The largest absolute Gasteiger partial charge is 0.494 e. The molecule has 0 aromatic heterocycles. The smallest absolute Gasteiger partial charge is 0.127 e. The van der Waals surface area contributed by atoms with Gasteiger partial charge in [-0.1, -0.05) is 65.5 Å². The Labute approximate surface area is 212 Å². The molecule has 4 heteroatoms. The lowest BCUT2D eigenvalue weighted by Gasteiger charge is -2.50. The van der Waals surface area contributed by atoms with E-state index in [4.69, 9.17) is 9.47 Å². The first-order valence-corrected chi connectivity index (χ1v) is 13.0. The van der Waals surface area contributed by atoms with Crippen molar-refractivity contribution in [2.45, 2.75) is 67.3 Å². The number of allylic oxidation sites excluding steroid dienone is 2. The first-order valence-electron chi connectivity index (χ1n) is 13.0. The van der Waals surface area contributed by atoms with Crippen molar-refractivity contribution < 1.29 is 9.47 Å². The van der Waals surface area contributed by atoms with E-state index in [0.29, 0.717) is 19.0 Å². The summed E-state index contributed by atoms with van der Waals surface area (Å²) < 4.78 is 12.0. The lowest BCUT2D eigenvalue weighted by Crippen LogP contribution is -2.55. The van der Waals surface area contributed by atoms with Gasteiger partial charge in [0.2, 0.25) is 0 Å². The number of ether oxygens (including phenoxy) is 2. The highest BCUT2D eigenvalue weighted by Gasteiger charge is 2.40. The van der Waals surface area contributed by atoms with Gasteiger partial charge in [-0.25, -0.2) is 0 Å². The molecule has 1 atom stereocenters. The third-order valence-electron chi connectivity index (χ3n) is 6.93. The van der Waals surface area contributed by atoms with Gasteiger partial charge in [0.25, 0.3) is 0 Å². The summed E-state index contributed by atoms with van der Waals surface area (Å²) in [5.41, 5.74) is 5.64. The summed E-state index contributed by atoms with van der Waals surface area (Å²) in [6.45, 7) is 26.2. The second kappa shape index (κ2) is 10.8. The van der Waals surface area contributed by atoms with Gasteiger partial charge < -0.3 is 19.3 Å². The molecule has 35 heavy (non-hydrogen) atoms. The SMILES string of the molecule is C=C1C=C2/C(=c3\cccc(OCCC)c3=C(C)CC)N(C)CC(C(C)(C)C)N2C=C1C(=C)OCC. The van der Waals surface area contributed by atoms with Crippen LogP contribution in [-0.4, -0.2) is 42.6 Å². The summed E-state index contributed by atoms with van der Waals surface area (Å²) in [5.74, 6) is 1.64. The van der Waals surface area contributed by atoms with Crippen LogP contribution in [0.15, 0.2) is 66.2 Å². The summed E-state index contributed by atoms with van der Waals surface area (Å²) in [6, 6.07) is 6.73. The minimum Gasteiger partial charge on any atom is -0.494 e. The molecule has 1 saturated heterocycles. The predicted molar refractivity (Wildman–Crippen MR) is 148 cm³/mol. The van der Waals surface area contributed by atoms with E-state index >= 15 is 0 Å². The molecule has 1 unspecified atom stereocenters. The first kappa shape index (κ1) is 26.7. The van der Waals surface area contributed by atoms with Crippen LogP contribution in [0.1, 0.15) is 61.3 Å². The maximum Gasteiger partial charge on any atom is 0.127 e. The van der Waals surface area contributed by atoms with E-state index < -0.39 is 0 Å². The third-order valence-corrected chi connectivity index (χ3v) is 6.93. The first-order chi connectivity index (χ1) is 16.5. The van der Waals surface area contributed by atoms with Gasteiger partial charge in [-0.15, -0.1) is 0 Å². The van der Waals surface area contributed by atoms with Gasteiger partial charge in [-0.3, -0.25) is 0 Å². The molecule has 2 aliphatic heterocycles. The van der Waals surface area contributed by atoms with Crippen LogP contribution < -0.4 is 15.2 Å². The molecule has 0 N–H and O–H groups in total. The zero-order valence-electron chi connectivity index (χ0n) is 23.1. The lowest BCUT2D eigenvalue weighted by atomic mass is 9.82. The number of fused-ring (bicyclic) bond motifs is 1. The van der Waals surface area contributed by atoms with Crippen molar-refractivity contribution in [3.8, 4) is 5.75 Å². The molecule has 2 aliphatic rings. The van der Waals surface area contributed by atoms with Crippen molar-refractivity contribution >= 4 is 11.3 Å². The Morgan fingerprint density at radius 1 is 1.17 bits per heavy atom. The molecule has 0 aliphatic carbocycles. The number of piperazine rings is 1. The molecule has 1 fully saturated rings. The molecule has 3 rings (SSSR count). The standard InChI is InChI=1S/C31H44N2O2/c1-11-17-35-27-16-14-15-24(29(27)21(4)12-2)30-26-18-22(5)25(23(6)34-13-3)19-33(26)28(20-32(30)10)31(7,8)9/h14-16,18-19,28H,5-6,11-13,17,20H2,1-4,7-10H3/b29-21?,30-24-. The van der Waals surface area contributed by atoms with E-state index in [9.17, 15) is 0 Å². The average molecular weight is 477 g/mol. The average Bonchev–Trinajstić information content (AvgIpc) is 2.80. The van der Waals surface area contributed by atoms with Crippen molar-refractivity contribution in [1.82, 2.24) is 9.80 Å². The molecule has 0 saturated carbocycles. The topological polar surface area (TPSA) is 24.9 Å². The van der Waals surface area contributed by atoms with Crippen molar-refractivity contribution in [2.75, 3.05) is 26.8 Å². The van der Waals surface area contributed by atoms with Gasteiger partial charge in [0.15, 0.2) is 0 Å². The van der Waals surface area contributed by atoms with Gasteiger partial charge >= 0.3 is 0 Å². The fraction of sp³-hybridized carbons (Fsp3) is 0.484. The van der Waals surface area contributed by atoms with Gasteiger partial charge in [-0.05, 0) is 49.8 Å². The van der Waals surface area contributed by atoms with Crippen LogP contribution in [0, 0.1) is 5.41 Å². The Hall–Kier alpha value is -2.88. The van der Waals surface area contributed by atoms with Gasteiger partial charge in [0.1, 0.15) is 11.5 Å². The van der Waals surface area contributed by atoms with E-state index in [-0.39, 0.29) is 11.5 Å². The van der Waals surface area contributed by atoms with Gasteiger partial charge in [0, 0.05) is 35.8 Å². The fourth-order valence-corrected chi connectivity index (χ4v) is 4.91. The summed E-state index contributed by atoms with van der Waals surface area (Å²) in [5, 5.41) is 2.41. The highest BCUT2D eigenvalue weighted by atomic mass is 16.5. The highest BCUT2D eigenvalue weighted by Crippen LogP contribution is 2.41. The second-order valence-electron chi connectivity index (χ2n) is 10.6. The number of rotatable bonds is 7. The molecule has 0 bridgehead atoms. The molecule has 0 spiro atoms. The molecule has 1 aromatic rings. The van der Waals surface area contributed by atoms with Crippen LogP contribution in [0.2, 0.25) is 0 Å². The Kier molecular flexibility index (Phi) is 8.25. The zero-order valence-corrected chi connectivity index (χ0v) is 23.1. The lowest BCUT2D eigenvalue weighted by molar-refractivity contribution is 0.128. The van der Waals surface area contributed by atoms with E-state index in [1.807, 2.05) is 6.92 Å². The minimum absolute atomic E-state index is 0.0620. The molecule has 0 radical (unpaired) electrons. The highest BCUT2D eigenvalue weighted by molar-refractivity contribution is 5.70. The number of nitrogens with zero attached hydrogens (tertiary/aromatic N) is 2. The van der Waals surface area contributed by atoms with E-state index in [2.05, 4.69) is 102 Å². The van der Waals surface area contributed by atoms with E-state index in [1.54, 1.807) is 0 Å². The number of likely N-dealkylation sites (N-methyl/N-ethyl adjacent to an activating group) is 1. The number of hydrogen-bond donors (Lipinski definition) is 0. The van der Waals surface area contributed by atoms with Crippen molar-refractivity contribution in [3.63, 3.8) is 0 Å². The van der Waals surface area contributed by atoms with Gasteiger partial charge in [0.05, 0.1) is 30.6 Å². The minimum atomic E-state index is 0.0620. The monoisotopic (exact) mass is 476 g/mol. The van der Waals surface area contributed by atoms with Crippen LogP contribution in [0.5, 0.6) is 5.75 Å². The molecule has 1 aromatic carbocycles. The Bertz CT molecular complexity index is 1160. The van der Waals surface area contributed by atoms with Crippen LogP contribution in [0.25, 0.3) is 11.3 Å². The maximum atomic E-state index is 6.24. The summed E-state index contributed by atoms with van der Waals surface area (Å²) in [4.78, 5) is 4.83. The number of hydrogen-bond acceptors (Lipinski definition) is 4. The zero-order chi connectivity index (χ0) is 25.9. The van der Waals surface area contributed by atoms with Crippen molar-refractivity contribution in [1.29, 1.82) is 0 Å². The van der Waals surface area contributed by atoms with Crippen molar-refractivity contribution in [2.24, 2.45) is 5.41 Å². The van der Waals surface area contributed by atoms with E-state index in [1.165, 1.54) is 21.7 Å². The Morgan fingerprint density at radius 2 is 1.89 bits per heavy atom. The number of benzene rings is 1. The van der Waals surface area contributed by atoms with Crippen LogP contribution >= 0.6 is 0 Å². The van der Waals surface area contributed by atoms with Crippen molar-refractivity contribution in [3.05, 3.63) is 76.7 Å². The quantitative estimate of drug-likeness (QED) is 0.470. The third kappa shape index (κ3) is 5.37. The summed E-state index contributed by atoms with van der Waals surface area (Å²) in [6.07, 6.45) is 6.35. The molecular formula is C31H44N2O2. The maximum absolute atomic E-state index is 6.24. The summed E-state index contributed by atoms with van der Waals surface area (Å²) in [7, 11) is 2.21. The molecule has 4 nitrogen and oxygen atoms in total. The molecule has 190 valence electrons. The summed E-state index contributed by atoms with van der Waals surface area (Å²) >= 11 is 0. The predicted octanol–water partition coefficient (Wildman–Crippen LogP) is 5.71. The Morgan fingerprint density at radius 3 is 2.49 bits per heavy atom. The fourth-order valence-electron chi connectivity index (χ4n) is 4.91. The normalized spacial score (nSPS) is 20.7. The van der Waals surface area contributed by atoms with Crippen LogP contribution in [-0.2, 0) is 4.74 Å².